The van der Waals surface area contributed by atoms with E-state index < -0.39 is 7.81 Å². The van der Waals surface area contributed by atoms with Gasteiger partial charge < -0.3 is 0 Å². The molecular weight excluding hydrogens is 305 g/mol. The molecule has 0 radical (unpaired) electrons. The number of hydrogen-bond acceptors (Lipinski definition) is 0. The summed E-state index contributed by atoms with van der Waals surface area (Å²) in [6.45, 7) is 7.07. The zero-order chi connectivity index (χ0) is 15.9. The van der Waals surface area contributed by atoms with E-state index in [0.717, 1.165) is 6.54 Å². The van der Waals surface area contributed by atoms with Crippen molar-refractivity contribution >= 4 is 14.0 Å². The minimum absolute atomic E-state index is 1.13. The first kappa shape index (κ1) is 19.0. The molecule has 1 aromatic rings. The van der Waals surface area contributed by atoms with Gasteiger partial charge in [0, 0.05) is 0 Å². The molecule has 1 aromatic heterocycles. The van der Waals surface area contributed by atoms with Crippen molar-refractivity contribution in [3.8, 4) is 0 Å². The molecule has 0 aromatic carbocycles. The molecule has 120 valence electrons. The van der Waals surface area contributed by atoms with Crippen LogP contribution in [-0.4, -0.2) is 4.57 Å². The van der Waals surface area contributed by atoms with Crippen molar-refractivity contribution in [2.24, 2.45) is 0 Å². The number of aromatic nitrogens is 2. The standard InChI is InChI=1S/C11H19N2.F6P/c1-3-5-6-7-8-13-10-9-12(4-2)11-13;1-7(2,3,4,5)6/h4,9-11H,2-3,5-8H2,1H3;/q+1;-1. The molecule has 0 aliphatic carbocycles. The molecule has 0 N–H and O–H groups in total. The topological polar surface area (TPSA) is 8.81 Å². The van der Waals surface area contributed by atoms with Crippen LogP contribution < -0.4 is 4.57 Å². The van der Waals surface area contributed by atoms with Gasteiger partial charge in [-0.05, 0) is 12.8 Å². The van der Waals surface area contributed by atoms with E-state index in [9.17, 15) is 25.2 Å². The molecule has 0 saturated heterocycles. The molecule has 0 saturated carbocycles. The molecule has 20 heavy (non-hydrogen) atoms. The molecule has 0 bridgehead atoms. The number of hydrogen-bond donors (Lipinski definition) is 0. The van der Waals surface area contributed by atoms with Gasteiger partial charge in [-0.3, -0.25) is 0 Å². The van der Waals surface area contributed by atoms with Gasteiger partial charge in [0.25, 0.3) is 0 Å². The summed E-state index contributed by atoms with van der Waals surface area (Å²) in [4.78, 5) is 0. The summed E-state index contributed by atoms with van der Waals surface area (Å²) in [5.41, 5.74) is 0. The molecule has 0 aliphatic heterocycles. The molecule has 1 rings (SSSR count). The van der Waals surface area contributed by atoms with E-state index in [1.807, 2.05) is 17.0 Å². The Labute approximate surface area is 113 Å². The Morgan fingerprint density at radius 2 is 1.65 bits per heavy atom. The summed E-state index contributed by atoms with van der Waals surface area (Å²) in [6.07, 6.45) is 13.3. The molecule has 2 nitrogen and oxygen atoms in total. The van der Waals surface area contributed by atoms with Crippen molar-refractivity contribution < 1.29 is 29.7 Å². The van der Waals surface area contributed by atoms with Gasteiger partial charge in [-0.15, -0.1) is 0 Å². The van der Waals surface area contributed by atoms with Gasteiger partial charge in [-0.25, -0.2) is 9.13 Å². The summed E-state index contributed by atoms with van der Waals surface area (Å²) in [5.74, 6) is 0. The van der Waals surface area contributed by atoms with Gasteiger partial charge in [0.2, 0.25) is 6.33 Å². The summed E-state index contributed by atoms with van der Waals surface area (Å²) in [5, 5.41) is 0. The van der Waals surface area contributed by atoms with Crippen molar-refractivity contribution in [3.63, 3.8) is 0 Å². The maximum atomic E-state index is 9.87. The summed E-state index contributed by atoms with van der Waals surface area (Å²) >= 11 is 0. The third kappa shape index (κ3) is 17.0. The predicted molar refractivity (Wildman–Crippen MR) is 68.7 cm³/mol. The van der Waals surface area contributed by atoms with E-state index in [2.05, 4.69) is 30.6 Å². The quantitative estimate of drug-likeness (QED) is 0.269. The van der Waals surface area contributed by atoms with Crippen LogP contribution in [0.1, 0.15) is 32.6 Å². The number of halogens is 6. The van der Waals surface area contributed by atoms with E-state index in [4.69, 9.17) is 0 Å². The number of rotatable bonds is 6. The van der Waals surface area contributed by atoms with E-state index in [1.54, 1.807) is 0 Å². The third-order valence-corrected chi connectivity index (χ3v) is 2.19. The first-order chi connectivity index (χ1) is 8.81. The Hall–Kier alpha value is -1.04. The number of imidazole rings is 1. The fourth-order valence-electron chi connectivity index (χ4n) is 1.37. The molecule has 1 heterocycles. The van der Waals surface area contributed by atoms with Crippen LogP contribution in [0.5, 0.6) is 0 Å². The van der Waals surface area contributed by atoms with Crippen LogP contribution >= 0.6 is 7.81 Å². The molecule has 0 atom stereocenters. The van der Waals surface area contributed by atoms with Crippen molar-refractivity contribution in [1.82, 2.24) is 4.57 Å². The molecule has 0 spiro atoms. The summed E-state index contributed by atoms with van der Waals surface area (Å²) in [7, 11) is -10.7. The molecule has 0 fully saturated rings. The number of unbranched alkanes of at least 4 members (excludes halogenated alkanes) is 3. The fraction of sp³-hybridized carbons (Fsp3) is 0.545. The van der Waals surface area contributed by atoms with Crippen LogP contribution in [0.25, 0.3) is 6.20 Å². The molecule has 0 unspecified atom stereocenters. The van der Waals surface area contributed by atoms with Gasteiger partial charge in [0.1, 0.15) is 12.4 Å². The van der Waals surface area contributed by atoms with Crippen molar-refractivity contribution in [1.29, 1.82) is 0 Å². The van der Waals surface area contributed by atoms with E-state index >= 15 is 0 Å². The van der Waals surface area contributed by atoms with E-state index in [0.29, 0.717) is 0 Å². The van der Waals surface area contributed by atoms with Crippen LogP contribution in [0.3, 0.4) is 0 Å². The zero-order valence-electron chi connectivity index (χ0n) is 11.2. The van der Waals surface area contributed by atoms with E-state index in [1.165, 1.54) is 25.7 Å². The average molecular weight is 324 g/mol. The van der Waals surface area contributed by atoms with Crippen LogP contribution in [0.2, 0.25) is 0 Å². The Bertz CT molecular complexity index is 411. The maximum absolute atomic E-state index is 10.7. The Balaban J connectivity index is 0.000000441. The average Bonchev–Trinajstić information content (AvgIpc) is 2.68. The fourth-order valence-corrected chi connectivity index (χ4v) is 1.37. The van der Waals surface area contributed by atoms with Gasteiger partial charge in [-0.2, -0.15) is 0 Å². The summed E-state index contributed by atoms with van der Waals surface area (Å²) in [6, 6.07) is 0. The number of aryl methyl sites for hydroxylation is 1. The first-order valence-corrected chi connectivity index (χ1v) is 8.10. The Kier molecular flexibility index (Phi) is 5.84. The van der Waals surface area contributed by atoms with Crippen molar-refractivity contribution in [2.45, 2.75) is 39.2 Å². The number of nitrogens with zero attached hydrogens (tertiary/aromatic N) is 2. The SMILES string of the molecule is C=Cn1cc[n+](CCCCCC)c1.F[P-](F)(F)(F)(F)F. The van der Waals surface area contributed by atoms with Crippen LogP contribution in [0.4, 0.5) is 25.2 Å². The molecule has 9 heteroatoms. The monoisotopic (exact) mass is 324 g/mol. The molecule has 0 aliphatic rings. The Morgan fingerprint density at radius 1 is 1.10 bits per heavy atom. The molecular formula is C11H19F6N2P. The van der Waals surface area contributed by atoms with Gasteiger partial charge >= 0.3 is 33.0 Å². The predicted octanol–water partition coefficient (Wildman–Crippen LogP) is 5.84. The normalized spacial score (nSPS) is 14.8. The van der Waals surface area contributed by atoms with Gasteiger partial charge in [0.05, 0.1) is 12.7 Å². The Morgan fingerprint density at radius 3 is 2.05 bits per heavy atom. The van der Waals surface area contributed by atoms with E-state index in [-0.39, 0.29) is 0 Å². The van der Waals surface area contributed by atoms with Gasteiger partial charge in [-0.1, -0.05) is 26.3 Å². The second-order valence-corrected chi connectivity index (χ2v) is 6.22. The van der Waals surface area contributed by atoms with Crippen LogP contribution in [0, 0.1) is 0 Å². The van der Waals surface area contributed by atoms with Crippen molar-refractivity contribution in [2.75, 3.05) is 0 Å². The summed E-state index contributed by atoms with van der Waals surface area (Å²) < 4.78 is 63.4. The molecule has 0 amide bonds. The van der Waals surface area contributed by atoms with Crippen LogP contribution in [0.15, 0.2) is 25.3 Å². The van der Waals surface area contributed by atoms with Crippen molar-refractivity contribution in [3.05, 3.63) is 25.3 Å². The third-order valence-electron chi connectivity index (χ3n) is 2.19. The second-order valence-electron chi connectivity index (χ2n) is 4.30. The minimum atomic E-state index is -10.7. The zero-order valence-corrected chi connectivity index (χ0v) is 12.1. The van der Waals surface area contributed by atoms with Crippen LogP contribution in [-0.2, 0) is 6.54 Å². The first-order valence-electron chi connectivity index (χ1n) is 6.07. The van der Waals surface area contributed by atoms with Gasteiger partial charge in [0.15, 0.2) is 0 Å². The second kappa shape index (κ2) is 6.16.